The normalized spacial score (nSPS) is 24.0. The molecule has 0 aromatic carbocycles. The summed E-state index contributed by atoms with van der Waals surface area (Å²) in [5.41, 5.74) is 0. The van der Waals surface area contributed by atoms with E-state index in [1.807, 2.05) is 0 Å². The van der Waals surface area contributed by atoms with Crippen LogP contribution in [0.25, 0.3) is 0 Å². The van der Waals surface area contributed by atoms with Gasteiger partial charge in [0.1, 0.15) is 0 Å². The Balaban J connectivity index is 1.77. The second kappa shape index (κ2) is 5.31. The number of hydrogen-bond donors (Lipinski definition) is 1. The van der Waals surface area contributed by atoms with Crippen molar-refractivity contribution in [3.8, 4) is 0 Å². The summed E-state index contributed by atoms with van der Waals surface area (Å²) >= 11 is 0. The topological polar surface area (TPSA) is 15.3 Å². The van der Waals surface area contributed by atoms with Gasteiger partial charge < -0.3 is 5.32 Å². The second-order valence-corrected chi connectivity index (χ2v) is 5.77. The first-order chi connectivity index (χ1) is 7.25. The number of hydrogen-bond acceptors (Lipinski definition) is 2. The van der Waals surface area contributed by atoms with Gasteiger partial charge in [0.25, 0.3) is 0 Å². The van der Waals surface area contributed by atoms with E-state index in [0.29, 0.717) is 0 Å². The molecule has 0 amide bonds. The van der Waals surface area contributed by atoms with Gasteiger partial charge in [-0.3, -0.25) is 4.90 Å². The van der Waals surface area contributed by atoms with Crippen molar-refractivity contribution < 1.29 is 0 Å². The first-order valence-electron chi connectivity index (χ1n) is 6.70. The highest BCUT2D eigenvalue weighted by Gasteiger charge is 2.30. The maximum absolute atomic E-state index is 3.46. The Kier molecular flexibility index (Phi) is 4.04. The fraction of sp³-hybridized carbons (Fsp3) is 1.00. The van der Waals surface area contributed by atoms with E-state index in [1.54, 1.807) is 0 Å². The fourth-order valence-electron chi connectivity index (χ4n) is 2.68. The lowest BCUT2D eigenvalue weighted by Crippen LogP contribution is -2.38. The van der Waals surface area contributed by atoms with Crippen molar-refractivity contribution in [2.45, 2.75) is 45.6 Å². The maximum atomic E-state index is 3.46. The average Bonchev–Trinajstić information content (AvgIpc) is 3.01. The number of nitrogens with one attached hydrogen (secondary N) is 1. The van der Waals surface area contributed by atoms with Crippen molar-refractivity contribution in [3.63, 3.8) is 0 Å². The molecule has 88 valence electrons. The zero-order valence-corrected chi connectivity index (χ0v) is 10.3. The molecule has 0 bridgehead atoms. The van der Waals surface area contributed by atoms with Crippen molar-refractivity contribution >= 4 is 0 Å². The molecular weight excluding hydrogens is 184 g/mol. The first kappa shape index (κ1) is 11.4. The lowest BCUT2D eigenvalue weighted by atomic mass is 9.97. The molecule has 15 heavy (non-hydrogen) atoms. The molecule has 1 N–H and O–H groups in total. The van der Waals surface area contributed by atoms with Crippen LogP contribution in [0.5, 0.6) is 0 Å². The molecule has 0 spiro atoms. The number of rotatable bonds is 5. The number of piperidine rings is 1. The van der Waals surface area contributed by atoms with Gasteiger partial charge >= 0.3 is 0 Å². The van der Waals surface area contributed by atoms with Crippen LogP contribution < -0.4 is 5.32 Å². The Morgan fingerprint density at radius 2 is 1.80 bits per heavy atom. The summed E-state index contributed by atoms with van der Waals surface area (Å²) in [6.07, 6.45) is 5.69. The van der Waals surface area contributed by atoms with Gasteiger partial charge in [-0.1, -0.05) is 13.8 Å². The minimum Gasteiger partial charge on any atom is -0.317 e. The zero-order chi connectivity index (χ0) is 10.7. The first-order valence-corrected chi connectivity index (χ1v) is 6.70. The third kappa shape index (κ3) is 3.76. The van der Waals surface area contributed by atoms with Crippen LogP contribution in [-0.4, -0.2) is 37.1 Å². The zero-order valence-electron chi connectivity index (χ0n) is 10.3. The molecule has 2 nitrogen and oxygen atoms in total. The Morgan fingerprint density at radius 3 is 2.33 bits per heavy atom. The minimum absolute atomic E-state index is 0.826. The monoisotopic (exact) mass is 210 g/mol. The third-order valence-electron chi connectivity index (χ3n) is 3.61. The molecule has 1 aliphatic heterocycles. The van der Waals surface area contributed by atoms with Gasteiger partial charge in [-0.05, 0) is 50.6 Å². The molecule has 2 aliphatic rings. The van der Waals surface area contributed by atoms with Crippen molar-refractivity contribution in [2.24, 2.45) is 11.8 Å². The molecule has 1 heterocycles. The largest absolute Gasteiger partial charge is 0.317 e. The Labute approximate surface area is 94.4 Å². The second-order valence-electron chi connectivity index (χ2n) is 5.77. The molecule has 0 aromatic rings. The molecule has 0 radical (unpaired) electrons. The lowest BCUT2D eigenvalue weighted by molar-refractivity contribution is 0.180. The summed E-state index contributed by atoms with van der Waals surface area (Å²) in [6.45, 7) is 9.85. The van der Waals surface area contributed by atoms with Crippen molar-refractivity contribution in [1.29, 1.82) is 0 Å². The van der Waals surface area contributed by atoms with E-state index in [0.717, 1.165) is 17.9 Å². The van der Waals surface area contributed by atoms with Gasteiger partial charge in [0.15, 0.2) is 0 Å². The predicted octanol–water partition coefficient (Wildman–Crippen LogP) is 2.11. The molecule has 0 aromatic heterocycles. The molecular formula is C13H26N2. The molecule has 2 fully saturated rings. The van der Waals surface area contributed by atoms with Gasteiger partial charge in [-0.2, -0.15) is 0 Å². The molecule has 2 heteroatoms. The smallest absolute Gasteiger partial charge is 0.00966 e. The molecule has 2 rings (SSSR count). The SMILES string of the molecule is CC(C)CN(CC1CCNCC1)C1CC1. The van der Waals surface area contributed by atoms with E-state index in [-0.39, 0.29) is 0 Å². The van der Waals surface area contributed by atoms with Crippen LogP contribution in [0.2, 0.25) is 0 Å². The van der Waals surface area contributed by atoms with Crippen molar-refractivity contribution in [2.75, 3.05) is 26.2 Å². The van der Waals surface area contributed by atoms with Gasteiger partial charge in [0.2, 0.25) is 0 Å². The van der Waals surface area contributed by atoms with E-state index in [1.165, 1.54) is 51.9 Å². The van der Waals surface area contributed by atoms with Gasteiger partial charge in [-0.25, -0.2) is 0 Å². The van der Waals surface area contributed by atoms with Crippen LogP contribution in [0, 0.1) is 11.8 Å². The summed E-state index contributed by atoms with van der Waals surface area (Å²) in [6, 6.07) is 0.947. The Bertz CT molecular complexity index is 181. The summed E-state index contributed by atoms with van der Waals surface area (Å²) in [4.78, 5) is 2.76. The van der Waals surface area contributed by atoms with E-state index < -0.39 is 0 Å². The summed E-state index contributed by atoms with van der Waals surface area (Å²) in [5.74, 6) is 1.79. The van der Waals surface area contributed by atoms with Crippen LogP contribution in [0.1, 0.15) is 39.5 Å². The summed E-state index contributed by atoms with van der Waals surface area (Å²) in [7, 11) is 0. The van der Waals surface area contributed by atoms with Crippen molar-refractivity contribution in [3.05, 3.63) is 0 Å². The fourth-order valence-corrected chi connectivity index (χ4v) is 2.68. The average molecular weight is 210 g/mol. The van der Waals surface area contributed by atoms with Crippen LogP contribution in [-0.2, 0) is 0 Å². The van der Waals surface area contributed by atoms with Crippen LogP contribution in [0.3, 0.4) is 0 Å². The van der Waals surface area contributed by atoms with E-state index >= 15 is 0 Å². The highest BCUT2D eigenvalue weighted by Crippen LogP contribution is 2.29. The molecule has 0 atom stereocenters. The maximum Gasteiger partial charge on any atom is 0.00966 e. The van der Waals surface area contributed by atoms with Gasteiger partial charge in [0, 0.05) is 19.1 Å². The molecule has 1 saturated carbocycles. The van der Waals surface area contributed by atoms with Crippen LogP contribution in [0.15, 0.2) is 0 Å². The highest BCUT2D eigenvalue weighted by molar-refractivity contribution is 4.86. The van der Waals surface area contributed by atoms with E-state index in [2.05, 4.69) is 24.1 Å². The van der Waals surface area contributed by atoms with Crippen LogP contribution >= 0.6 is 0 Å². The summed E-state index contributed by atoms with van der Waals surface area (Å²) < 4.78 is 0. The molecule has 1 aliphatic carbocycles. The number of nitrogens with zero attached hydrogens (tertiary/aromatic N) is 1. The van der Waals surface area contributed by atoms with Crippen LogP contribution in [0.4, 0.5) is 0 Å². The Morgan fingerprint density at radius 1 is 1.13 bits per heavy atom. The van der Waals surface area contributed by atoms with Crippen molar-refractivity contribution in [1.82, 2.24) is 10.2 Å². The highest BCUT2D eigenvalue weighted by atomic mass is 15.2. The molecule has 0 unspecified atom stereocenters. The van der Waals surface area contributed by atoms with Gasteiger partial charge in [-0.15, -0.1) is 0 Å². The summed E-state index contributed by atoms with van der Waals surface area (Å²) in [5, 5.41) is 3.46. The third-order valence-corrected chi connectivity index (χ3v) is 3.61. The Hall–Kier alpha value is -0.0800. The van der Waals surface area contributed by atoms with E-state index in [4.69, 9.17) is 0 Å². The van der Waals surface area contributed by atoms with Gasteiger partial charge in [0.05, 0.1) is 0 Å². The lowest BCUT2D eigenvalue weighted by Gasteiger charge is -2.31. The molecule has 1 saturated heterocycles. The predicted molar refractivity (Wildman–Crippen MR) is 65.0 cm³/mol. The quantitative estimate of drug-likeness (QED) is 0.747. The minimum atomic E-state index is 0.826. The van der Waals surface area contributed by atoms with E-state index in [9.17, 15) is 0 Å². The standard InChI is InChI=1S/C13H26N2/c1-11(2)9-15(13-3-4-13)10-12-5-7-14-8-6-12/h11-14H,3-10H2,1-2H3.